The van der Waals surface area contributed by atoms with Crippen LogP contribution in [0.25, 0.3) is 0 Å². The van der Waals surface area contributed by atoms with Gasteiger partial charge < -0.3 is 4.74 Å². The predicted molar refractivity (Wildman–Crippen MR) is 76.8 cm³/mol. The smallest absolute Gasteiger partial charge is 0.269 e. The van der Waals surface area contributed by atoms with Crippen LogP contribution in [-0.4, -0.2) is 32.0 Å². The second kappa shape index (κ2) is 6.41. The maximum atomic E-state index is 12.2. The van der Waals surface area contributed by atoms with Gasteiger partial charge >= 0.3 is 0 Å². The lowest BCUT2D eigenvalue weighted by Gasteiger charge is -2.11. The number of nitrogens with one attached hydrogen (secondary N) is 1. The van der Waals surface area contributed by atoms with Crippen LogP contribution in [0.5, 0.6) is 0 Å². The van der Waals surface area contributed by atoms with E-state index in [2.05, 4.69) is 0 Å². The minimum absolute atomic E-state index is 0.0226. The van der Waals surface area contributed by atoms with Crippen molar-refractivity contribution in [1.29, 1.82) is 0 Å². The van der Waals surface area contributed by atoms with Crippen molar-refractivity contribution in [2.24, 2.45) is 0 Å². The lowest BCUT2D eigenvalue weighted by molar-refractivity contribution is -0.385. The average molecular weight is 328 g/mol. The molecule has 0 aliphatic carbocycles. The lowest BCUT2D eigenvalue weighted by Crippen LogP contribution is -2.33. The Morgan fingerprint density at radius 2 is 2.23 bits per heavy atom. The van der Waals surface area contributed by atoms with E-state index in [0.29, 0.717) is 6.61 Å². The number of aryl methyl sites for hydroxylation is 1. The van der Waals surface area contributed by atoms with E-state index < -0.39 is 20.9 Å². The van der Waals surface area contributed by atoms with Gasteiger partial charge in [-0.05, 0) is 31.4 Å². The average Bonchev–Trinajstić information content (AvgIpc) is 2.90. The molecule has 1 fully saturated rings. The van der Waals surface area contributed by atoms with Crippen LogP contribution < -0.4 is 4.72 Å². The van der Waals surface area contributed by atoms with Crippen molar-refractivity contribution in [2.75, 3.05) is 6.61 Å². The van der Waals surface area contributed by atoms with E-state index >= 15 is 0 Å². The Kier molecular flexibility index (Phi) is 4.77. The number of non-ortho nitro benzene ring substituents is 1. The zero-order valence-corrected chi connectivity index (χ0v) is 12.8. The molecule has 0 radical (unpaired) electrons. The molecule has 8 nitrogen and oxygen atoms in total. The summed E-state index contributed by atoms with van der Waals surface area (Å²) in [7, 11) is -4.05. The summed E-state index contributed by atoms with van der Waals surface area (Å²) in [6, 6.07) is 3.36. The summed E-state index contributed by atoms with van der Waals surface area (Å²) in [5.74, 6) is -0.648. The minimum atomic E-state index is -4.05. The van der Waals surface area contributed by atoms with Crippen molar-refractivity contribution in [1.82, 2.24) is 4.72 Å². The molecule has 0 bridgehead atoms. The van der Waals surface area contributed by atoms with Gasteiger partial charge in [-0.1, -0.05) is 0 Å². The number of ether oxygens (including phenoxy) is 1. The number of sulfonamides is 1. The highest BCUT2D eigenvalue weighted by molar-refractivity contribution is 7.90. The van der Waals surface area contributed by atoms with Crippen LogP contribution in [-0.2, 0) is 19.6 Å². The summed E-state index contributed by atoms with van der Waals surface area (Å²) in [5, 5.41) is 10.7. The fourth-order valence-electron chi connectivity index (χ4n) is 2.31. The summed E-state index contributed by atoms with van der Waals surface area (Å²) in [4.78, 5) is 21.7. The third-order valence-electron chi connectivity index (χ3n) is 3.34. The van der Waals surface area contributed by atoms with E-state index in [1.807, 2.05) is 4.72 Å². The Bertz CT molecular complexity index is 694. The third kappa shape index (κ3) is 3.80. The van der Waals surface area contributed by atoms with Crippen LogP contribution in [0.4, 0.5) is 5.69 Å². The Labute approximate surface area is 127 Å². The van der Waals surface area contributed by atoms with Gasteiger partial charge in [-0.3, -0.25) is 14.9 Å². The van der Waals surface area contributed by atoms with E-state index in [0.717, 1.165) is 31.0 Å². The lowest BCUT2D eigenvalue weighted by atomic mass is 10.2. The molecule has 1 atom stereocenters. The maximum Gasteiger partial charge on any atom is 0.269 e. The van der Waals surface area contributed by atoms with Crippen molar-refractivity contribution < 1.29 is 22.9 Å². The first-order valence-corrected chi connectivity index (χ1v) is 8.20. The van der Waals surface area contributed by atoms with Crippen molar-refractivity contribution >= 4 is 21.6 Å². The van der Waals surface area contributed by atoms with Crippen molar-refractivity contribution in [3.05, 3.63) is 33.9 Å². The number of carbonyl (C=O) groups excluding carboxylic acids is 1. The van der Waals surface area contributed by atoms with Crippen LogP contribution in [0.15, 0.2) is 23.1 Å². The third-order valence-corrected chi connectivity index (χ3v) is 4.88. The standard InChI is InChI=1S/C13H16N2O6S/c1-9-7-10(15(17)18)4-5-12(9)22(19,20)14-13(16)8-11-3-2-6-21-11/h4-5,7,11H,2-3,6,8H2,1H3,(H,14,16)/t11-/m0/s1. The molecule has 2 rings (SSSR count). The second-order valence-corrected chi connectivity index (χ2v) is 6.73. The van der Waals surface area contributed by atoms with Gasteiger partial charge in [-0.25, -0.2) is 13.1 Å². The molecule has 1 N–H and O–H groups in total. The Balaban J connectivity index is 2.12. The number of benzene rings is 1. The summed E-state index contributed by atoms with van der Waals surface area (Å²) < 4.78 is 31.6. The molecule has 0 unspecified atom stereocenters. The van der Waals surface area contributed by atoms with Crippen molar-refractivity contribution in [2.45, 2.75) is 37.2 Å². The molecule has 9 heteroatoms. The normalized spacial score (nSPS) is 18.1. The molecule has 0 spiro atoms. The molecule has 120 valence electrons. The molecular formula is C13H16N2O6S. The molecule has 1 aromatic rings. The molecule has 1 aliphatic heterocycles. The van der Waals surface area contributed by atoms with Crippen molar-refractivity contribution in [3.8, 4) is 0 Å². The zero-order chi connectivity index (χ0) is 16.3. The molecule has 1 saturated heterocycles. The largest absolute Gasteiger partial charge is 0.378 e. The molecule has 1 amide bonds. The molecule has 1 aliphatic rings. The van der Waals surface area contributed by atoms with Crippen LogP contribution in [0.3, 0.4) is 0 Å². The fourth-order valence-corrected chi connectivity index (χ4v) is 3.53. The van der Waals surface area contributed by atoms with E-state index in [1.54, 1.807) is 0 Å². The highest BCUT2D eigenvalue weighted by Crippen LogP contribution is 2.21. The number of nitro benzene ring substituents is 1. The number of nitro groups is 1. The Morgan fingerprint density at radius 3 is 2.77 bits per heavy atom. The summed E-state index contributed by atoms with van der Waals surface area (Å²) in [5.41, 5.74) is -0.00579. The van der Waals surface area contributed by atoms with Crippen LogP contribution in [0, 0.1) is 17.0 Å². The first-order valence-electron chi connectivity index (χ1n) is 6.72. The predicted octanol–water partition coefficient (Wildman–Crippen LogP) is 1.28. The van der Waals surface area contributed by atoms with E-state index in [1.165, 1.54) is 6.92 Å². The topological polar surface area (TPSA) is 116 Å². The van der Waals surface area contributed by atoms with Gasteiger partial charge in [0, 0.05) is 18.7 Å². The molecule has 0 aromatic heterocycles. The summed E-state index contributed by atoms with van der Waals surface area (Å²) >= 11 is 0. The van der Waals surface area contributed by atoms with Gasteiger partial charge in [-0.15, -0.1) is 0 Å². The monoisotopic (exact) mass is 328 g/mol. The van der Waals surface area contributed by atoms with E-state index in [4.69, 9.17) is 4.74 Å². The molecule has 1 aromatic carbocycles. The number of hydrogen-bond donors (Lipinski definition) is 1. The molecule has 22 heavy (non-hydrogen) atoms. The van der Waals surface area contributed by atoms with E-state index in [9.17, 15) is 23.3 Å². The number of rotatable bonds is 5. The second-order valence-electron chi connectivity index (χ2n) is 5.07. The Morgan fingerprint density at radius 1 is 1.50 bits per heavy atom. The van der Waals surface area contributed by atoms with Crippen molar-refractivity contribution in [3.63, 3.8) is 0 Å². The number of hydrogen-bond acceptors (Lipinski definition) is 6. The summed E-state index contributed by atoms with van der Waals surface area (Å²) in [6.45, 7) is 2.01. The number of carbonyl (C=O) groups is 1. The molecular weight excluding hydrogens is 312 g/mol. The van der Waals surface area contributed by atoms with Gasteiger partial charge in [0.15, 0.2) is 0 Å². The zero-order valence-electron chi connectivity index (χ0n) is 11.9. The molecule has 1 heterocycles. The molecule has 0 saturated carbocycles. The van der Waals surface area contributed by atoms with Crippen LogP contribution in [0.1, 0.15) is 24.8 Å². The van der Waals surface area contributed by atoms with Gasteiger partial charge in [-0.2, -0.15) is 0 Å². The van der Waals surface area contributed by atoms with E-state index in [-0.39, 0.29) is 28.7 Å². The quantitative estimate of drug-likeness (QED) is 0.643. The number of nitrogens with zero attached hydrogens (tertiary/aromatic N) is 1. The highest BCUT2D eigenvalue weighted by Gasteiger charge is 2.25. The first-order chi connectivity index (χ1) is 10.3. The fraction of sp³-hybridized carbons (Fsp3) is 0.462. The maximum absolute atomic E-state index is 12.2. The van der Waals surface area contributed by atoms with Crippen LogP contribution in [0.2, 0.25) is 0 Å². The minimum Gasteiger partial charge on any atom is -0.378 e. The van der Waals surface area contributed by atoms with Crippen LogP contribution >= 0.6 is 0 Å². The highest BCUT2D eigenvalue weighted by atomic mass is 32.2. The first kappa shape index (κ1) is 16.4. The Hall–Kier alpha value is -2.00. The SMILES string of the molecule is Cc1cc([N+](=O)[O-])ccc1S(=O)(=O)NC(=O)C[C@@H]1CCCO1. The van der Waals surface area contributed by atoms with Gasteiger partial charge in [0.1, 0.15) is 0 Å². The van der Waals surface area contributed by atoms with Gasteiger partial charge in [0.25, 0.3) is 15.7 Å². The summed E-state index contributed by atoms with van der Waals surface area (Å²) in [6.07, 6.45) is 1.30. The van der Waals surface area contributed by atoms with Gasteiger partial charge in [0.05, 0.1) is 22.3 Å². The van der Waals surface area contributed by atoms with Gasteiger partial charge in [0.2, 0.25) is 5.91 Å². The number of amides is 1.